The molecule has 614 valence electrons. The number of fused-ring (bicyclic) bond motifs is 3. The van der Waals surface area contributed by atoms with Crippen molar-refractivity contribution in [1.82, 2.24) is 25.3 Å². The van der Waals surface area contributed by atoms with Gasteiger partial charge in [-0.15, -0.1) is 24.0 Å². The summed E-state index contributed by atoms with van der Waals surface area (Å²) in [6.07, 6.45) is 11.4. The number of anilines is 3. The second-order valence-electron chi connectivity index (χ2n) is 32.0. The molecule has 115 heavy (non-hydrogen) atoms. The van der Waals surface area contributed by atoms with Crippen LogP contribution in [0.1, 0.15) is 127 Å². The van der Waals surface area contributed by atoms with Crippen molar-refractivity contribution in [2.75, 3.05) is 113 Å². The van der Waals surface area contributed by atoms with E-state index in [-0.39, 0.29) is 104 Å². The van der Waals surface area contributed by atoms with Crippen LogP contribution in [0.4, 0.5) is 30.2 Å². The lowest BCUT2D eigenvalue weighted by Crippen LogP contribution is -2.52. The van der Waals surface area contributed by atoms with Crippen LogP contribution in [0.5, 0.6) is 17.2 Å². The molecule has 9 aromatic carbocycles. The fraction of sp³-hybridized carbons (Fsp3) is 0.446. The van der Waals surface area contributed by atoms with E-state index >= 15 is 0 Å². The molecular weight excluding hydrogens is 1570 g/mol. The van der Waals surface area contributed by atoms with Crippen LogP contribution in [-0.4, -0.2) is 188 Å². The molecule has 23 heteroatoms. The van der Waals surface area contributed by atoms with Gasteiger partial charge in [0.2, 0.25) is 11.8 Å². The maximum atomic E-state index is 13.5. The second-order valence-corrected chi connectivity index (χ2v) is 32.0. The van der Waals surface area contributed by atoms with E-state index in [0.717, 1.165) is 213 Å². The number of halogens is 4. The number of amides is 2. The number of carbonyl (C=O) groups is 3. The van der Waals surface area contributed by atoms with Gasteiger partial charge in [-0.05, 0) is 275 Å². The lowest BCUT2D eigenvalue weighted by Gasteiger charge is -2.36. The topological polar surface area (TPSA) is 229 Å². The molecule has 1 unspecified atom stereocenters. The largest absolute Gasteiger partial charge is 0.490 e. The molecule has 9 atom stereocenters. The first kappa shape index (κ1) is 85.6. The number of hydrogen-bond acceptors (Lipinski definition) is 16. The SMILES string of the molecule is C.C.I.N[C@H](CN1CCC1)[C@H](O)c1ccc(OC2CC2)cc1.O=C(N[C@H](CN1CCC1)[C@H](O)c1ccc(OC2CC2)cc1)[C@@H]1CCN(c2ccc3cc(F)ccc3c2)C1.O=C(N[C@H](CN1CCC1)[C@H](O)c1ccc(OC2CC2)cc1)[C@H]1CCN(c2ccc3cc(F)ccc3c2)C1.O=C(O)C1CCN(c2ccc3cc(F)ccc3c2)C1. The number of nitrogens with one attached hydrogen (secondary N) is 2. The van der Waals surface area contributed by atoms with Gasteiger partial charge in [0.25, 0.3) is 0 Å². The minimum Gasteiger partial charge on any atom is -0.490 e. The summed E-state index contributed by atoms with van der Waals surface area (Å²) in [6, 6.07) is 54.0. The normalized spacial score (nSPS) is 20.7. The average Bonchev–Trinajstić information content (AvgIpc) is 1.75. The van der Waals surface area contributed by atoms with E-state index in [1.54, 1.807) is 18.2 Å². The van der Waals surface area contributed by atoms with Crippen molar-refractivity contribution in [3.8, 4) is 17.2 Å². The molecule has 18 rings (SSSR count). The van der Waals surface area contributed by atoms with Crippen LogP contribution in [0, 0.1) is 35.2 Å². The number of aliphatic hydroxyl groups is 3. The van der Waals surface area contributed by atoms with Gasteiger partial charge in [0.05, 0.1) is 54.3 Å². The third-order valence-electron chi connectivity index (χ3n) is 23.3. The summed E-state index contributed by atoms with van der Waals surface area (Å²) in [5.41, 5.74) is 11.6. The van der Waals surface area contributed by atoms with E-state index in [9.17, 15) is 42.9 Å². The lowest BCUT2D eigenvalue weighted by molar-refractivity contribution is -0.141. The van der Waals surface area contributed by atoms with Crippen molar-refractivity contribution < 1.29 is 62.2 Å². The zero-order chi connectivity index (χ0) is 77.4. The predicted molar refractivity (Wildman–Crippen MR) is 459 cm³/mol. The molecule has 6 aliphatic heterocycles. The van der Waals surface area contributed by atoms with Gasteiger partial charge in [-0.1, -0.05) is 87.6 Å². The van der Waals surface area contributed by atoms with E-state index in [2.05, 4.69) is 52.2 Å². The van der Waals surface area contributed by atoms with Crippen molar-refractivity contribution in [3.63, 3.8) is 0 Å². The molecule has 0 aromatic heterocycles. The molecule has 3 saturated carbocycles. The Labute approximate surface area is 690 Å². The van der Waals surface area contributed by atoms with Gasteiger partial charge >= 0.3 is 5.97 Å². The van der Waals surface area contributed by atoms with Crippen LogP contribution < -0.4 is 45.3 Å². The number of likely N-dealkylation sites (tertiary alicyclic amines) is 3. The number of nitrogens with two attached hydrogens (primary N) is 1. The first-order valence-electron chi connectivity index (χ1n) is 40.3. The van der Waals surface area contributed by atoms with Gasteiger partial charge < -0.3 is 80.4 Å². The van der Waals surface area contributed by atoms with Crippen LogP contribution in [0.25, 0.3) is 32.3 Å². The summed E-state index contributed by atoms with van der Waals surface area (Å²) < 4.78 is 57.5. The van der Waals surface area contributed by atoms with Gasteiger partial charge in [-0.2, -0.15) is 0 Å². The molecule has 0 bridgehead atoms. The first-order valence-corrected chi connectivity index (χ1v) is 40.3. The third kappa shape index (κ3) is 22.9. The lowest BCUT2D eigenvalue weighted by atomic mass is 9.99. The number of rotatable bonds is 26. The Balaban J connectivity index is 0.000000147. The van der Waals surface area contributed by atoms with Crippen LogP contribution in [0.15, 0.2) is 182 Å². The molecule has 0 spiro atoms. The Morgan fingerprint density at radius 3 is 0.965 bits per heavy atom. The highest BCUT2D eigenvalue weighted by Crippen LogP contribution is 2.36. The molecule has 9 aliphatic rings. The Morgan fingerprint density at radius 1 is 0.383 bits per heavy atom. The monoisotopic (exact) mass is 1690 g/mol. The number of carboxylic acids is 1. The molecule has 6 saturated heterocycles. The summed E-state index contributed by atoms with van der Waals surface area (Å²) in [7, 11) is 0. The van der Waals surface area contributed by atoms with E-state index in [1.165, 1.54) is 42.8 Å². The molecule has 19 nitrogen and oxygen atoms in total. The van der Waals surface area contributed by atoms with Gasteiger partial charge in [0, 0.05) is 82.0 Å². The zero-order valence-corrected chi connectivity index (χ0v) is 66.2. The van der Waals surface area contributed by atoms with Gasteiger partial charge in [0.1, 0.15) is 46.9 Å². The van der Waals surface area contributed by atoms with Crippen molar-refractivity contribution in [2.45, 2.75) is 147 Å². The van der Waals surface area contributed by atoms with Crippen LogP contribution in [0.3, 0.4) is 0 Å². The van der Waals surface area contributed by atoms with Crippen molar-refractivity contribution in [1.29, 1.82) is 0 Å². The number of aliphatic hydroxyl groups excluding tert-OH is 3. The number of hydrogen-bond donors (Lipinski definition) is 7. The first-order chi connectivity index (χ1) is 54.4. The second kappa shape index (κ2) is 39.4. The standard InChI is InChI=1S/2C30H34FN3O3.C15H14FNO2.C15H22N2O2.2CH4.HI/c2*31-24-6-2-22-17-25(7-3-21(22)16-24)34-15-12-23(18-34)30(36)32-28(19-33-13-1-14-33)29(35)20-4-8-26(9-5-20)37-27-10-11-27;16-13-3-1-11-8-14(4-2-10(11)7-13)17-6-5-12(9-17)15(18)19;16-14(10-17-8-1-9-17)15(18)11-2-4-12(5-3-11)19-13-6-7-13;;;/h2*2-9,16-17,23,27-29,35H,1,10-15,18-19H2,(H,32,36);1-4,7-8,12H,5-6,9H2,(H,18,19);2-5,13-15,18H,1,6-10,16H2;2*1H4;1H/t23-,28+,29+;23-,28-,29-;;14-,15-;;;/m01.1.../s1. The highest BCUT2D eigenvalue weighted by molar-refractivity contribution is 14.0. The minimum atomic E-state index is -0.794. The Hall–Kier alpha value is -8.79. The molecule has 2 amide bonds. The van der Waals surface area contributed by atoms with Crippen LogP contribution >= 0.6 is 24.0 Å². The third-order valence-corrected chi connectivity index (χ3v) is 23.3. The Morgan fingerprint density at radius 2 is 0.670 bits per heavy atom. The Bertz CT molecular complexity index is 4510. The quantitative estimate of drug-likeness (QED) is 0.0250. The number of carboxylic acid groups (broad SMARTS) is 1. The maximum absolute atomic E-state index is 13.5. The van der Waals surface area contributed by atoms with Crippen molar-refractivity contribution in [3.05, 3.63) is 216 Å². The molecular formula is C92H113F3IN9O10. The molecule has 8 N–H and O–H groups in total. The zero-order valence-electron chi connectivity index (χ0n) is 63.9. The predicted octanol–water partition coefficient (Wildman–Crippen LogP) is 14.6. The molecule has 3 aliphatic carbocycles. The van der Waals surface area contributed by atoms with Gasteiger partial charge in [0.15, 0.2) is 0 Å². The number of ether oxygens (including phenoxy) is 3. The summed E-state index contributed by atoms with van der Waals surface area (Å²) in [6.45, 7) is 12.3. The fourth-order valence-corrected chi connectivity index (χ4v) is 15.6. The van der Waals surface area contributed by atoms with Crippen molar-refractivity contribution in [2.24, 2.45) is 23.5 Å². The minimum absolute atomic E-state index is 0. The van der Waals surface area contributed by atoms with Gasteiger partial charge in [-0.25, -0.2) is 13.2 Å². The van der Waals surface area contributed by atoms with E-state index in [0.29, 0.717) is 57.5 Å². The number of carbonyl (C=O) groups excluding carboxylic acids is 2. The van der Waals surface area contributed by atoms with E-state index < -0.39 is 24.3 Å². The highest BCUT2D eigenvalue weighted by Gasteiger charge is 2.37. The highest BCUT2D eigenvalue weighted by atomic mass is 127. The smallest absolute Gasteiger partial charge is 0.308 e. The average molecular weight is 1690 g/mol. The number of aliphatic carboxylic acids is 1. The van der Waals surface area contributed by atoms with E-state index in [1.807, 2.05) is 115 Å². The maximum Gasteiger partial charge on any atom is 0.308 e. The summed E-state index contributed by atoms with van der Waals surface area (Å²) >= 11 is 0. The number of benzene rings is 9. The molecule has 6 heterocycles. The van der Waals surface area contributed by atoms with Crippen LogP contribution in [-0.2, 0) is 14.4 Å². The summed E-state index contributed by atoms with van der Waals surface area (Å²) in [4.78, 5) is 51.0. The van der Waals surface area contributed by atoms with E-state index in [4.69, 9.17) is 25.1 Å². The van der Waals surface area contributed by atoms with Gasteiger partial charge in [-0.3, -0.25) is 14.4 Å². The molecule has 9 fully saturated rings. The fourth-order valence-electron chi connectivity index (χ4n) is 15.6. The Kier molecular flexibility index (Phi) is 29.3. The van der Waals surface area contributed by atoms with Crippen molar-refractivity contribution >= 4 is 91.1 Å². The molecule has 9 aromatic rings. The summed E-state index contributed by atoms with van der Waals surface area (Å²) in [5, 5.41) is 53.7. The van der Waals surface area contributed by atoms with Crippen LogP contribution in [0.2, 0.25) is 0 Å². The number of nitrogens with zero attached hydrogens (tertiary/aromatic N) is 6. The molecule has 0 radical (unpaired) electrons. The summed E-state index contributed by atoms with van der Waals surface area (Å²) in [5.74, 6) is 0.474.